The van der Waals surface area contributed by atoms with Gasteiger partial charge in [0.2, 0.25) is 18.0 Å². The highest BCUT2D eigenvalue weighted by Crippen LogP contribution is 1.78. The van der Waals surface area contributed by atoms with Crippen LogP contribution in [0.3, 0.4) is 0 Å². The summed E-state index contributed by atoms with van der Waals surface area (Å²) in [5.41, 5.74) is 0. The molecule has 6 heteroatoms. The Morgan fingerprint density at radius 2 is 1.42 bits per heavy atom. The van der Waals surface area contributed by atoms with E-state index in [1.165, 1.54) is 0 Å². The maximum absolute atomic E-state index is 10.4. The molecule has 0 radical (unpaired) electrons. The molecule has 0 atom stereocenters. The third-order valence-corrected chi connectivity index (χ3v) is 0.942. The summed E-state index contributed by atoms with van der Waals surface area (Å²) in [5.74, 6) is -2.34. The van der Waals surface area contributed by atoms with Gasteiger partial charge in [0, 0.05) is 13.8 Å². The SMILES string of the molecule is CC(=O)NC(NC(C)=O)C(=O)O. The van der Waals surface area contributed by atoms with E-state index >= 15 is 0 Å². The van der Waals surface area contributed by atoms with Gasteiger partial charge in [0.05, 0.1) is 0 Å². The molecule has 2 amide bonds. The van der Waals surface area contributed by atoms with Gasteiger partial charge in [0.25, 0.3) is 0 Å². The van der Waals surface area contributed by atoms with E-state index in [1.54, 1.807) is 0 Å². The number of aliphatic carboxylic acids is 1. The molecule has 0 rings (SSSR count). The number of hydrogen-bond acceptors (Lipinski definition) is 3. The van der Waals surface area contributed by atoms with E-state index < -0.39 is 23.9 Å². The van der Waals surface area contributed by atoms with Gasteiger partial charge in [0.1, 0.15) is 0 Å². The maximum atomic E-state index is 10.4. The fourth-order valence-corrected chi connectivity index (χ4v) is 0.566. The number of carboxylic acid groups (broad SMARTS) is 1. The molecule has 0 fully saturated rings. The Kier molecular flexibility index (Phi) is 3.75. The molecule has 0 aromatic rings. The van der Waals surface area contributed by atoms with Gasteiger partial charge < -0.3 is 15.7 Å². The molecule has 0 aromatic heterocycles. The zero-order valence-electron chi connectivity index (χ0n) is 6.75. The number of nitrogens with one attached hydrogen (secondary N) is 2. The van der Waals surface area contributed by atoms with Crippen molar-refractivity contribution in [2.24, 2.45) is 0 Å². The topological polar surface area (TPSA) is 95.5 Å². The Labute approximate surface area is 68.9 Å². The third-order valence-electron chi connectivity index (χ3n) is 0.942. The van der Waals surface area contributed by atoms with Crippen LogP contribution in [0.1, 0.15) is 13.8 Å². The van der Waals surface area contributed by atoms with Crippen LogP contribution >= 0.6 is 0 Å². The average molecular weight is 174 g/mol. The van der Waals surface area contributed by atoms with Crippen molar-refractivity contribution in [3.8, 4) is 0 Å². The first kappa shape index (κ1) is 10.4. The molecule has 6 nitrogen and oxygen atoms in total. The van der Waals surface area contributed by atoms with Crippen molar-refractivity contribution in [2.75, 3.05) is 0 Å². The van der Waals surface area contributed by atoms with Crippen molar-refractivity contribution >= 4 is 17.8 Å². The van der Waals surface area contributed by atoms with Crippen LogP contribution in [-0.2, 0) is 14.4 Å². The Morgan fingerprint density at radius 1 is 1.08 bits per heavy atom. The summed E-state index contributed by atoms with van der Waals surface area (Å²) in [4.78, 5) is 31.2. The standard InChI is InChI=1S/C6H10N2O4/c1-3(9)7-5(6(11)12)8-4(2)10/h5H,1-2H3,(H,7,9)(H,8,10)(H,11,12). The molecule has 0 aliphatic rings. The zero-order chi connectivity index (χ0) is 9.72. The maximum Gasteiger partial charge on any atom is 0.347 e. The van der Waals surface area contributed by atoms with Crippen molar-refractivity contribution in [2.45, 2.75) is 20.0 Å². The molecule has 0 unspecified atom stereocenters. The quantitative estimate of drug-likeness (QED) is 0.462. The van der Waals surface area contributed by atoms with E-state index in [4.69, 9.17) is 5.11 Å². The molecular weight excluding hydrogens is 164 g/mol. The number of carbonyl (C=O) groups excluding carboxylic acids is 2. The Bertz CT molecular complexity index is 198. The first-order valence-electron chi connectivity index (χ1n) is 3.20. The Balaban J connectivity index is 4.14. The lowest BCUT2D eigenvalue weighted by atomic mass is 10.4. The van der Waals surface area contributed by atoms with Gasteiger partial charge in [-0.25, -0.2) is 4.79 Å². The smallest absolute Gasteiger partial charge is 0.347 e. The lowest BCUT2D eigenvalue weighted by Gasteiger charge is -2.12. The molecule has 0 bridgehead atoms. The van der Waals surface area contributed by atoms with Crippen LogP contribution in [-0.4, -0.2) is 29.1 Å². The van der Waals surface area contributed by atoms with E-state index in [2.05, 4.69) is 0 Å². The fraction of sp³-hybridized carbons (Fsp3) is 0.500. The Morgan fingerprint density at radius 3 is 1.58 bits per heavy atom. The molecule has 68 valence electrons. The summed E-state index contributed by atoms with van der Waals surface area (Å²) < 4.78 is 0. The Hall–Kier alpha value is -1.59. The van der Waals surface area contributed by atoms with Crippen LogP contribution in [0.2, 0.25) is 0 Å². The monoisotopic (exact) mass is 174 g/mol. The van der Waals surface area contributed by atoms with Gasteiger partial charge in [-0.1, -0.05) is 0 Å². The van der Waals surface area contributed by atoms with Crippen LogP contribution in [0.5, 0.6) is 0 Å². The summed E-state index contributed by atoms with van der Waals surface area (Å²) in [7, 11) is 0. The zero-order valence-corrected chi connectivity index (χ0v) is 6.75. The van der Waals surface area contributed by atoms with Crippen molar-refractivity contribution in [1.29, 1.82) is 0 Å². The average Bonchev–Trinajstić information content (AvgIpc) is 1.83. The second-order valence-corrected chi connectivity index (χ2v) is 2.17. The minimum absolute atomic E-state index is 0.517. The number of carbonyl (C=O) groups is 3. The normalized spacial score (nSPS) is 9.25. The second-order valence-electron chi connectivity index (χ2n) is 2.17. The van der Waals surface area contributed by atoms with Crippen molar-refractivity contribution in [3.05, 3.63) is 0 Å². The van der Waals surface area contributed by atoms with Gasteiger partial charge >= 0.3 is 5.97 Å². The minimum atomic E-state index is -1.35. The molecule has 0 spiro atoms. The highest BCUT2D eigenvalue weighted by atomic mass is 16.4. The summed E-state index contributed by atoms with van der Waals surface area (Å²) in [6.07, 6.45) is -1.35. The number of amides is 2. The first-order chi connectivity index (χ1) is 5.43. The van der Waals surface area contributed by atoms with Gasteiger partial charge in [-0.05, 0) is 0 Å². The highest BCUT2D eigenvalue weighted by Gasteiger charge is 2.18. The van der Waals surface area contributed by atoms with Crippen LogP contribution in [0.25, 0.3) is 0 Å². The highest BCUT2D eigenvalue weighted by molar-refractivity contribution is 5.86. The van der Waals surface area contributed by atoms with E-state index in [9.17, 15) is 14.4 Å². The molecule has 0 saturated carbocycles. The van der Waals surface area contributed by atoms with Crippen LogP contribution in [0.15, 0.2) is 0 Å². The largest absolute Gasteiger partial charge is 0.478 e. The number of rotatable bonds is 3. The van der Waals surface area contributed by atoms with E-state index in [-0.39, 0.29) is 0 Å². The van der Waals surface area contributed by atoms with E-state index in [0.717, 1.165) is 13.8 Å². The number of carboxylic acids is 1. The molecule has 0 aromatic carbocycles. The van der Waals surface area contributed by atoms with Crippen molar-refractivity contribution in [3.63, 3.8) is 0 Å². The van der Waals surface area contributed by atoms with Gasteiger partial charge in [-0.3, -0.25) is 9.59 Å². The fourth-order valence-electron chi connectivity index (χ4n) is 0.566. The predicted octanol–water partition coefficient (Wildman–Crippen LogP) is -1.33. The summed E-state index contributed by atoms with van der Waals surface area (Å²) in [6, 6.07) is 0. The van der Waals surface area contributed by atoms with Crippen molar-refractivity contribution in [1.82, 2.24) is 10.6 Å². The van der Waals surface area contributed by atoms with Crippen molar-refractivity contribution < 1.29 is 19.5 Å². The predicted molar refractivity (Wildman–Crippen MR) is 39.1 cm³/mol. The molecule has 0 heterocycles. The minimum Gasteiger partial charge on any atom is -0.478 e. The molecular formula is C6H10N2O4. The summed E-state index contributed by atoms with van der Waals surface area (Å²) >= 11 is 0. The van der Waals surface area contributed by atoms with Gasteiger partial charge in [-0.2, -0.15) is 0 Å². The molecule has 3 N–H and O–H groups in total. The van der Waals surface area contributed by atoms with Gasteiger partial charge in [-0.15, -0.1) is 0 Å². The van der Waals surface area contributed by atoms with E-state index in [1.807, 2.05) is 10.6 Å². The van der Waals surface area contributed by atoms with Crippen LogP contribution < -0.4 is 10.6 Å². The summed E-state index contributed by atoms with van der Waals surface area (Å²) in [6.45, 7) is 2.33. The molecule has 0 aliphatic carbocycles. The second kappa shape index (κ2) is 4.32. The van der Waals surface area contributed by atoms with Gasteiger partial charge in [0.15, 0.2) is 0 Å². The third kappa shape index (κ3) is 4.26. The lowest BCUT2D eigenvalue weighted by Crippen LogP contribution is -2.51. The molecule has 0 saturated heterocycles. The molecule has 0 aliphatic heterocycles. The van der Waals surface area contributed by atoms with Crippen LogP contribution in [0.4, 0.5) is 0 Å². The first-order valence-corrected chi connectivity index (χ1v) is 3.20. The number of hydrogen-bond donors (Lipinski definition) is 3. The lowest BCUT2D eigenvalue weighted by molar-refractivity contribution is -0.144. The van der Waals surface area contributed by atoms with Crippen LogP contribution in [0, 0.1) is 0 Å². The molecule has 12 heavy (non-hydrogen) atoms. The van der Waals surface area contributed by atoms with E-state index in [0.29, 0.717) is 0 Å². The summed E-state index contributed by atoms with van der Waals surface area (Å²) in [5, 5.41) is 12.5.